The van der Waals surface area contributed by atoms with E-state index in [-0.39, 0.29) is 5.91 Å². The first-order valence-electron chi connectivity index (χ1n) is 13.3. The van der Waals surface area contributed by atoms with Crippen molar-refractivity contribution in [2.75, 3.05) is 5.32 Å². The van der Waals surface area contributed by atoms with Crippen LogP contribution in [-0.2, 0) is 17.6 Å². The standard InChI is InChI=1S/C34H32N2O3/c1-20-6-10-24(11-7-20)26-14-28(32-30(16-26)36-23(4)38-32)18-34(5)19-29-15-27(25-12-8-21(2)9-13-25)17-31(33(29)39-34)35-22(3)37/h6-17H,18-19H2,1-5H3,(H,35,37). The van der Waals surface area contributed by atoms with Gasteiger partial charge in [-0.05, 0) is 67.3 Å². The molecule has 5 heteroatoms. The van der Waals surface area contributed by atoms with Crippen LogP contribution in [0.1, 0.15) is 42.0 Å². The molecule has 2 heterocycles. The van der Waals surface area contributed by atoms with E-state index < -0.39 is 5.60 Å². The van der Waals surface area contributed by atoms with Gasteiger partial charge in [0, 0.05) is 37.8 Å². The van der Waals surface area contributed by atoms with Crippen molar-refractivity contribution in [3.05, 3.63) is 101 Å². The molecule has 4 aromatic carbocycles. The Bertz CT molecular complexity index is 1710. The van der Waals surface area contributed by atoms with E-state index in [0.717, 1.165) is 50.2 Å². The second-order valence-corrected chi connectivity index (χ2v) is 11.0. The molecular weight excluding hydrogens is 484 g/mol. The van der Waals surface area contributed by atoms with Gasteiger partial charge in [0.15, 0.2) is 11.5 Å². The van der Waals surface area contributed by atoms with E-state index in [0.29, 0.717) is 24.4 Å². The van der Waals surface area contributed by atoms with Crippen molar-refractivity contribution in [3.63, 3.8) is 0 Å². The highest BCUT2D eigenvalue weighted by molar-refractivity contribution is 5.92. The molecule has 0 bridgehead atoms. The molecule has 0 spiro atoms. The molecule has 1 atom stereocenters. The zero-order chi connectivity index (χ0) is 27.3. The molecule has 1 aliphatic rings. The Kier molecular flexibility index (Phi) is 6.02. The Morgan fingerprint density at radius 1 is 0.872 bits per heavy atom. The van der Waals surface area contributed by atoms with Gasteiger partial charge >= 0.3 is 0 Å². The van der Waals surface area contributed by atoms with Crippen molar-refractivity contribution in [2.45, 2.75) is 53.1 Å². The minimum Gasteiger partial charge on any atom is -0.484 e. The van der Waals surface area contributed by atoms with Crippen LogP contribution < -0.4 is 10.1 Å². The number of carbonyl (C=O) groups excluding carboxylic acids is 1. The summed E-state index contributed by atoms with van der Waals surface area (Å²) in [5, 5.41) is 3.00. The fourth-order valence-electron chi connectivity index (χ4n) is 5.58. The maximum absolute atomic E-state index is 12.1. The summed E-state index contributed by atoms with van der Waals surface area (Å²) < 4.78 is 12.8. The van der Waals surface area contributed by atoms with Crippen molar-refractivity contribution in [1.29, 1.82) is 0 Å². The fraction of sp³-hybridized carbons (Fsp3) is 0.235. The minimum atomic E-state index is -0.527. The van der Waals surface area contributed by atoms with Crippen molar-refractivity contribution in [1.82, 2.24) is 4.98 Å². The summed E-state index contributed by atoms with van der Waals surface area (Å²) in [6.45, 7) is 9.71. The second-order valence-electron chi connectivity index (χ2n) is 11.0. The van der Waals surface area contributed by atoms with Crippen LogP contribution >= 0.6 is 0 Å². The highest BCUT2D eigenvalue weighted by Gasteiger charge is 2.38. The van der Waals surface area contributed by atoms with Crippen LogP contribution in [0.2, 0.25) is 0 Å². The smallest absolute Gasteiger partial charge is 0.221 e. The highest BCUT2D eigenvalue weighted by Crippen LogP contribution is 2.45. The average molecular weight is 517 g/mol. The monoisotopic (exact) mass is 516 g/mol. The number of aryl methyl sites for hydroxylation is 3. The molecule has 1 aliphatic heterocycles. The average Bonchev–Trinajstić information content (AvgIpc) is 3.43. The minimum absolute atomic E-state index is 0.125. The zero-order valence-electron chi connectivity index (χ0n) is 23.0. The summed E-state index contributed by atoms with van der Waals surface area (Å²) in [6, 6.07) is 25.5. The largest absolute Gasteiger partial charge is 0.484 e. The van der Waals surface area contributed by atoms with Gasteiger partial charge in [-0.15, -0.1) is 0 Å². The van der Waals surface area contributed by atoms with Gasteiger partial charge in [0.05, 0.1) is 5.69 Å². The van der Waals surface area contributed by atoms with E-state index in [1.165, 1.54) is 18.1 Å². The molecule has 5 nitrogen and oxygen atoms in total. The maximum Gasteiger partial charge on any atom is 0.221 e. The number of rotatable bonds is 5. The van der Waals surface area contributed by atoms with Crippen molar-refractivity contribution < 1.29 is 13.9 Å². The van der Waals surface area contributed by atoms with E-state index in [9.17, 15) is 4.79 Å². The van der Waals surface area contributed by atoms with Crippen molar-refractivity contribution >= 4 is 22.7 Å². The summed E-state index contributed by atoms with van der Waals surface area (Å²) in [6.07, 6.45) is 1.34. The first-order chi connectivity index (χ1) is 18.7. The summed E-state index contributed by atoms with van der Waals surface area (Å²) in [7, 11) is 0. The highest BCUT2D eigenvalue weighted by atomic mass is 16.5. The zero-order valence-corrected chi connectivity index (χ0v) is 23.0. The lowest BCUT2D eigenvalue weighted by atomic mass is 9.89. The number of hydrogen-bond acceptors (Lipinski definition) is 4. The maximum atomic E-state index is 12.1. The van der Waals surface area contributed by atoms with Crippen LogP contribution in [0.4, 0.5) is 5.69 Å². The summed E-state index contributed by atoms with van der Waals surface area (Å²) in [5.41, 5.74) is 10.8. The molecular formula is C34H32N2O3. The van der Waals surface area contributed by atoms with Gasteiger partial charge < -0.3 is 14.5 Å². The molecule has 196 valence electrons. The molecule has 39 heavy (non-hydrogen) atoms. The molecule has 1 aromatic heterocycles. The first-order valence-corrected chi connectivity index (χ1v) is 13.3. The number of amides is 1. The summed E-state index contributed by atoms with van der Waals surface area (Å²) in [4.78, 5) is 16.8. The van der Waals surface area contributed by atoms with Gasteiger partial charge in [0.2, 0.25) is 5.91 Å². The molecule has 5 aromatic rings. The first kappa shape index (κ1) is 24.9. The number of nitrogens with zero attached hydrogens (tertiary/aromatic N) is 1. The number of nitrogens with one attached hydrogen (secondary N) is 1. The number of aromatic nitrogens is 1. The number of hydrogen-bond donors (Lipinski definition) is 1. The number of fused-ring (bicyclic) bond motifs is 2. The summed E-state index contributed by atoms with van der Waals surface area (Å²) in [5.74, 6) is 1.26. The van der Waals surface area contributed by atoms with Gasteiger partial charge in [0.25, 0.3) is 0 Å². The number of anilines is 1. The molecule has 0 saturated heterocycles. The number of benzene rings is 4. The topological polar surface area (TPSA) is 64.4 Å². The van der Waals surface area contributed by atoms with Gasteiger partial charge in [-0.1, -0.05) is 59.7 Å². The lowest BCUT2D eigenvalue weighted by molar-refractivity contribution is -0.114. The molecule has 0 fully saturated rings. The fourth-order valence-corrected chi connectivity index (χ4v) is 5.58. The van der Waals surface area contributed by atoms with Gasteiger partial charge in [-0.2, -0.15) is 0 Å². The third-order valence-electron chi connectivity index (χ3n) is 7.40. The molecule has 1 N–H and O–H groups in total. The Labute approximate surface area is 228 Å². The van der Waals surface area contributed by atoms with E-state index in [4.69, 9.17) is 9.15 Å². The Morgan fingerprint density at radius 3 is 2.10 bits per heavy atom. The Balaban J connectivity index is 1.39. The molecule has 0 saturated carbocycles. The van der Waals surface area contributed by atoms with Crippen LogP contribution in [0.25, 0.3) is 33.4 Å². The van der Waals surface area contributed by atoms with Gasteiger partial charge in [-0.25, -0.2) is 4.98 Å². The molecule has 6 rings (SSSR count). The molecule has 0 aliphatic carbocycles. The predicted octanol–water partition coefficient (Wildman–Crippen LogP) is 7.98. The normalized spacial score (nSPS) is 16.2. The molecule has 1 amide bonds. The summed E-state index contributed by atoms with van der Waals surface area (Å²) >= 11 is 0. The van der Waals surface area contributed by atoms with Crippen molar-refractivity contribution in [2.24, 2.45) is 0 Å². The third kappa shape index (κ3) is 4.92. The molecule has 1 unspecified atom stereocenters. The van der Waals surface area contributed by atoms with E-state index >= 15 is 0 Å². The van der Waals surface area contributed by atoms with E-state index in [2.05, 4.69) is 97.8 Å². The van der Waals surface area contributed by atoms with Crippen LogP contribution in [0.15, 0.2) is 77.2 Å². The van der Waals surface area contributed by atoms with Crippen LogP contribution in [0.5, 0.6) is 5.75 Å². The third-order valence-corrected chi connectivity index (χ3v) is 7.40. The number of ether oxygens (including phenoxy) is 1. The van der Waals surface area contributed by atoms with Crippen molar-refractivity contribution in [3.8, 4) is 28.0 Å². The predicted molar refractivity (Wildman–Crippen MR) is 156 cm³/mol. The molecule has 0 radical (unpaired) electrons. The van der Waals surface area contributed by atoms with Crippen LogP contribution in [0.3, 0.4) is 0 Å². The van der Waals surface area contributed by atoms with E-state index in [1.807, 2.05) is 13.0 Å². The SMILES string of the molecule is CC(=O)Nc1cc(-c2ccc(C)cc2)cc2c1OC(C)(Cc1cc(-c3ccc(C)cc3)cc3nc(C)oc13)C2. The number of carbonyl (C=O) groups is 1. The number of oxazole rings is 1. The second kappa shape index (κ2) is 9.42. The lowest BCUT2D eigenvalue weighted by Gasteiger charge is -2.25. The van der Waals surface area contributed by atoms with Crippen LogP contribution in [0, 0.1) is 20.8 Å². The van der Waals surface area contributed by atoms with Gasteiger partial charge in [-0.3, -0.25) is 4.79 Å². The van der Waals surface area contributed by atoms with E-state index in [1.54, 1.807) is 0 Å². The Morgan fingerprint density at radius 2 is 1.49 bits per heavy atom. The lowest BCUT2D eigenvalue weighted by Crippen LogP contribution is -2.33. The van der Waals surface area contributed by atoms with Gasteiger partial charge in [0.1, 0.15) is 16.9 Å². The Hall–Kier alpha value is -4.38. The van der Waals surface area contributed by atoms with Crippen LogP contribution in [-0.4, -0.2) is 16.5 Å². The quantitative estimate of drug-likeness (QED) is 0.257.